The van der Waals surface area contributed by atoms with Gasteiger partial charge in [0, 0.05) is 0 Å². The van der Waals surface area contributed by atoms with Crippen molar-refractivity contribution in [2.45, 2.75) is 44.0 Å². The molecule has 3 fully saturated rings. The maximum absolute atomic E-state index is 10.2. The van der Waals surface area contributed by atoms with Crippen molar-refractivity contribution in [3.05, 3.63) is 0 Å². The molecule has 3 atom stereocenters. The molecule has 0 aromatic rings. The maximum atomic E-state index is 10.2. The summed E-state index contributed by atoms with van der Waals surface area (Å²) in [5.74, 6) is 0. The van der Waals surface area contributed by atoms with Crippen molar-refractivity contribution in [3.63, 3.8) is 0 Å². The number of carbonyl (C=O) groups excluding carboxylic acids is 1. The molecule has 0 saturated carbocycles. The quantitative estimate of drug-likeness (QED) is 0.350. The molecule has 0 radical (unpaired) electrons. The Morgan fingerprint density at radius 1 is 1.00 bits per heavy atom. The second-order valence-corrected chi connectivity index (χ2v) is 5.70. The molecule has 5 nitrogen and oxygen atoms in total. The van der Waals surface area contributed by atoms with E-state index < -0.39 is 0 Å². The number of rotatable bonds is 9. The summed E-state index contributed by atoms with van der Waals surface area (Å²) < 4.78 is 16.2. The van der Waals surface area contributed by atoms with Crippen molar-refractivity contribution < 1.29 is 19.0 Å². The highest BCUT2D eigenvalue weighted by molar-refractivity contribution is 5.32. The fourth-order valence-electron chi connectivity index (χ4n) is 2.90. The molecule has 3 saturated heterocycles. The van der Waals surface area contributed by atoms with E-state index in [2.05, 4.69) is 4.99 Å². The second kappa shape index (κ2) is 5.10. The molecule has 3 heterocycles. The molecule has 3 aliphatic rings. The number of ether oxygens (including phenoxy) is 3. The van der Waals surface area contributed by atoms with Crippen LogP contribution in [0.15, 0.2) is 4.99 Å². The van der Waals surface area contributed by atoms with Crippen LogP contribution in [0, 0.1) is 5.41 Å². The van der Waals surface area contributed by atoms with Crippen LogP contribution >= 0.6 is 0 Å². The van der Waals surface area contributed by atoms with E-state index in [1.165, 1.54) is 0 Å². The Hall–Kier alpha value is -0.740. The maximum Gasteiger partial charge on any atom is 0.234 e. The van der Waals surface area contributed by atoms with E-state index in [0.29, 0.717) is 24.9 Å². The van der Waals surface area contributed by atoms with E-state index in [0.717, 1.165) is 45.5 Å². The minimum atomic E-state index is 0.157. The van der Waals surface area contributed by atoms with Gasteiger partial charge in [-0.3, -0.25) is 0 Å². The molecule has 3 rings (SSSR count). The Labute approximate surface area is 106 Å². The highest BCUT2D eigenvalue weighted by Gasteiger charge is 2.45. The van der Waals surface area contributed by atoms with Gasteiger partial charge in [0.05, 0.1) is 44.7 Å². The van der Waals surface area contributed by atoms with Crippen LogP contribution in [0.4, 0.5) is 0 Å². The number of isocyanates is 1. The van der Waals surface area contributed by atoms with Crippen molar-refractivity contribution >= 4 is 6.08 Å². The van der Waals surface area contributed by atoms with Crippen LogP contribution in [0.3, 0.4) is 0 Å². The lowest BCUT2D eigenvalue weighted by atomic mass is 9.72. The van der Waals surface area contributed by atoms with Crippen molar-refractivity contribution in [1.29, 1.82) is 0 Å². The molecule has 100 valence electrons. The molecule has 18 heavy (non-hydrogen) atoms. The second-order valence-electron chi connectivity index (χ2n) is 5.70. The Morgan fingerprint density at radius 2 is 1.44 bits per heavy atom. The molecule has 5 heteroatoms. The normalized spacial score (nSPS) is 35.4. The molecule has 0 amide bonds. The third kappa shape index (κ3) is 3.62. The van der Waals surface area contributed by atoms with Gasteiger partial charge in [-0.15, -0.1) is 0 Å². The predicted molar refractivity (Wildman–Crippen MR) is 63.1 cm³/mol. The van der Waals surface area contributed by atoms with Crippen LogP contribution in [0.25, 0.3) is 0 Å². The SMILES string of the molecule is O=C=NCCC(CC1CO1)(CC1CO1)CC1CO1. The first-order valence-corrected chi connectivity index (χ1v) is 6.68. The van der Waals surface area contributed by atoms with E-state index in [1.807, 2.05) is 0 Å². The summed E-state index contributed by atoms with van der Waals surface area (Å²) in [4.78, 5) is 13.9. The third-order valence-corrected chi connectivity index (χ3v) is 4.01. The zero-order valence-electron chi connectivity index (χ0n) is 10.5. The van der Waals surface area contributed by atoms with Crippen molar-refractivity contribution in [1.82, 2.24) is 0 Å². The highest BCUT2D eigenvalue weighted by Crippen LogP contribution is 2.45. The van der Waals surface area contributed by atoms with E-state index in [1.54, 1.807) is 6.08 Å². The zero-order valence-corrected chi connectivity index (χ0v) is 10.5. The molecule has 3 aliphatic heterocycles. The Morgan fingerprint density at radius 3 is 1.78 bits per heavy atom. The van der Waals surface area contributed by atoms with Gasteiger partial charge in [-0.25, -0.2) is 9.79 Å². The summed E-state index contributed by atoms with van der Waals surface area (Å²) in [6.07, 6.45) is 6.84. The topological polar surface area (TPSA) is 67.0 Å². The molecule has 3 unspecified atom stereocenters. The number of aliphatic imine (C=N–C) groups is 1. The Kier molecular flexibility index (Phi) is 3.48. The van der Waals surface area contributed by atoms with Crippen molar-refractivity contribution in [2.24, 2.45) is 10.4 Å². The molecule has 0 spiro atoms. The summed E-state index contributed by atoms with van der Waals surface area (Å²) in [5.41, 5.74) is 0.157. The van der Waals surface area contributed by atoms with Gasteiger partial charge in [-0.2, -0.15) is 0 Å². The van der Waals surface area contributed by atoms with Gasteiger partial charge in [0.1, 0.15) is 0 Å². The van der Waals surface area contributed by atoms with Crippen LogP contribution in [0.1, 0.15) is 25.7 Å². The number of epoxide rings is 3. The lowest BCUT2D eigenvalue weighted by Gasteiger charge is -2.32. The lowest BCUT2D eigenvalue weighted by molar-refractivity contribution is 0.145. The van der Waals surface area contributed by atoms with Gasteiger partial charge in [0.25, 0.3) is 0 Å². The Bertz CT molecular complexity index is 305. The summed E-state index contributed by atoms with van der Waals surface area (Å²) >= 11 is 0. The molecular formula is C13H19NO4. The smallest absolute Gasteiger partial charge is 0.234 e. The molecule has 0 aliphatic carbocycles. The van der Waals surface area contributed by atoms with E-state index in [9.17, 15) is 4.79 Å². The summed E-state index contributed by atoms with van der Waals surface area (Å²) in [5, 5.41) is 0. The zero-order chi connectivity index (χ0) is 12.4. The molecule has 0 aromatic heterocycles. The van der Waals surface area contributed by atoms with Gasteiger partial charge in [-0.1, -0.05) is 0 Å². The van der Waals surface area contributed by atoms with Crippen LogP contribution in [0.2, 0.25) is 0 Å². The molecule has 0 bridgehead atoms. The van der Waals surface area contributed by atoms with Crippen LogP contribution in [0.5, 0.6) is 0 Å². The van der Waals surface area contributed by atoms with Crippen LogP contribution < -0.4 is 0 Å². The summed E-state index contributed by atoms with van der Waals surface area (Å²) in [6.45, 7) is 3.16. The van der Waals surface area contributed by atoms with E-state index in [4.69, 9.17) is 14.2 Å². The van der Waals surface area contributed by atoms with Gasteiger partial charge >= 0.3 is 0 Å². The minimum Gasteiger partial charge on any atom is -0.373 e. The van der Waals surface area contributed by atoms with E-state index in [-0.39, 0.29) is 5.41 Å². The van der Waals surface area contributed by atoms with Gasteiger partial charge in [0.2, 0.25) is 6.08 Å². The van der Waals surface area contributed by atoms with E-state index >= 15 is 0 Å². The predicted octanol–water partition coefficient (Wildman–Crippen LogP) is 1.07. The standard InChI is InChI=1S/C13H19NO4/c15-9-14-2-1-13(3-10-6-16-10,4-11-7-17-11)5-12-8-18-12/h10-12H,1-8H2. The number of hydrogen-bond acceptors (Lipinski definition) is 5. The number of hydrogen-bond donors (Lipinski definition) is 0. The number of nitrogens with zero attached hydrogens (tertiary/aromatic N) is 1. The average Bonchev–Trinajstić information content (AvgIpc) is 3.16. The lowest BCUT2D eigenvalue weighted by Crippen LogP contribution is -2.28. The van der Waals surface area contributed by atoms with Crippen LogP contribution in [-0.2, 0) is 19.0 Å². The highest BCUT2D eigenvalue weighted by atomic mass is 16.6. The minimum absolute atomic E-state index is 0.157. The first-order chi connectivity index (χ1) is 8.80. The third-order valence-electron chi connectivity index (χ3n) is 4.01. The molecule has 0 aromatic carbocycles. The van der Waals surface area contributed by atoms with Gasteiger partial charge < -0.3 is 14.2 Å². The fraction of sp³-hybridized carbons (Fsp3) is 0.923. The first kappa shape index (κ1) is 12.3. The fourth-order valence-corrected chi connectivity index (χ4v) is 2.90. The van der Waals surface area contributed by atoms with Crippen molar-refractivity contribution in [3.8, 4) is 0 Å². The summed E-state index contributed by atoms with van der Waals surface area (Å²) in [6, 6.07) is 0. The van der Waals surface area contributed by atoms with Gasteiger partial charge in [-0.05, 0) is 31.1 Å². The first-order valence-electron chi connectivity index (χ1n) is 6.68. The Balaban J connectivity index is 1.64. The molecule has 0 N–H and O–H groups in total. The molecular weight excluding hydrogens is 234 g/mol. The van der Waals surface area contributed by atoms with Gasteiger partial charge in [0.15, 0.2) is 0 Å². The van der Waals surface area contributed by atoms with Crippen molar-refractivity contribution in [2.75, 3.05) is 26.4 Å². The van der Waals surface area contributed by atoms with Crippen LogP contribution in [-0.4, -0.2) is 50.8 Å². The monoisotopic (exact) mass is 253 g/mol. The summed E-state index contributed by atoms with van der Waals surface area (Å²) in [7, 11) is 0. The average molecular weight is 253 g/mol. The largest absolute Gasteiger partial charge is 0.373 e.